The zero-order chi connectivity index (χ0) is 13.1. The van der Waals surface area contributed by atoms with Crippen LogP contribution in [0.15, 0.2) is 4.99 Å². The Morgan fingerprint density at radius 3 is 1.94 bits per heavy atom. The lowest BCUT2D eigenvalue weighted by Gasteiger charge is -2.29. The average molecular weight is 243 g/mol. The lowest BCUT2D eigenvalue weighted by molar-refractivity contribution is 0.175. The Hall–Kier alpha value is -0.770. The summed E-state index contributed by atoms with van der Waals surface area (Å²) in [5.74, 6) is 0.874. The van der Waals surface area contributed by atoms with Crippen LogP contribution >= 0.6 is 0 Å². The number of rotatable bonds is 8. The molecule has 4 heteroatoms. The van der Waals surface area contributed by atoms with E-state index in [1.807, 2.05) is 0 Å². The molecular weight excluding hydrogens is 214 g/mol. The fourth-order valence-electron chi connectivity index (χ4n) is 1.90. The molecule has 0 spiro atoms. The Morgan fingerprint density at radius 2 is 1.59 bits per heavy atom. The summed E-state index contributed by atoms with van der Waals surface area (Å²) in [6.07, 6.45) is 2.94. The van der Waals surface area contributed by atoms with Gasteiger partial charge in [0.2, 0.25) is 0 Å². The predicted octanol–water partition coefficient (Wildman–Crippen LogP) is 1.75. The summed E-state index contributed by atoms with van der Waals surface area (Å²) >= 11 is 0. The lowest BCUT2D eigenvalue weighted by Crippen LogP contribution is -2.38. The molecule has 3 N–H and O–H groups in total. The average Bonchev–Trinajstić information content (AvgIpc) is 2.35. The molecule has 0 unspecified atom stereocenters. The van der Waals surface area contributed by atoms with E-state index in [1.165, 1.54) is 0 Å². The van der Waals surface area contributed by atoms with Gasteiger partial charge in [0.15, 0.2) is 5.96 Å². The summed E-state index contributed by atoms with van der Waals surface area (Å²) in [7, 11) is 0. The second kappa shape index (κ2) is 9.28. The highest BCUT2D eigenvalue weighted by molar-refractivity contribution is 5.79. The summed E-state index contributed by atoms with van der Waals surface area (Å²) in [5.41, 5.74) is 0.144. The molecule has 0 aliphatic carbocycles. The van der Waals surface area contributed by atoms with Gasteiger partial charge in [-0.15, -0.1) is 0 Å². The van der Waals surface area contributed by atoms with Crippen LogP contribution in [-0.4, -0.2) is 37.3 Å². The minimum Gasteiger partial charge on any atom is -0.396 e. The van der Waals surface area contributed by atoms with Gasteiger partial charge in [0.1, 0.15) is 0 Å². The van der Waals surface area contributed by atoms with Crippen LogP contribution in [0.5, 0.6) is 0 Å². The summed E-state index contributed by atoms with van der Waals surface area (Å²) in [6, 6.07) is 0. The van der Waals surface area contributed by atoms with E-state index in [0.717, 1.165) is 44.9 Å². The van der Waals surface area contributed by atoms with Crippen LogP contribution in [0, 0.1) is 5.41 Å². The maximum atomic E-state index is 9.16. The summed E-state index contributed by atoms with van der Waals surface area (Å²) in [5, 5.41) is 15.6. The van der Waals surface area contributed by atoms with E-state index in [-0.39, 0.29) is 12.0 Å². The Bertz CT molecular complexity index is 205. The first-order valence-electron chi connectivity index (χ1n) is 6.81. The van der Waals surface area contributed by atoms with Crippen molar-refractivity contribution >= 4 is 5.96 Å². The van der Waals surface area contributed by atoms with Crippen molar-refractivity contribution in [3.8, 4) is 0 Å². The van der Waals surface area contributed by atoms with E-state index < -0.39 is 0 Å². The van der Waals surface area contributed by atoms with E-state index in [1.54, 1.807) is 0 Å². The first-order valence-corrected chi connectivity index (χ1v) is 6.81. The number of nitrogens with one attached hydrogen (secondary N) is 2. The number of nitrogens with zero attached hydrogens (tertiary/aromatic N) is 1. The Morgan fingerprint density at radius 1 is 1.06 bits per heavy atom. The molecule has 0 saturated carbocycles. The summed E-state index contributed by atoms with van der Waals surface area (Å²) in [6.45, 7) is 11.2. The fraction of sp³-hybridized carbons (Fsp3) is 0.923. The first kappa shape index (κ1) is 16.2. The molecule has 0 aliphatic rings. The minimum atomic E-state index is 0.144. The van der Waals surface area contributed by atoms with Gasteiger partial charge in [0, 0.05) is 26.2 Å². The van der Waals surface area contributed by atoms with Crippen LogP contribution in [0.1, 0.15) is 47.0 Å². The maximum absolute atomic E-state index is 9.16. The SMILES string of the molecule is CCNC(=NCC(CC)(CC)CCO)NCC. The Labute approximate surface area is 106 Å². The molecule has 102 valence electrons. The smallest absolute Gasteiger partial charge is 0.191 e. The van der Waals surface area contributed by atoms with E-state index in [0.29, 0.717) is 0 Å². The normalized spacial score (nSPS) is 11.1. The van der Waals surface area contributed by atoms with Crippen LogP contribution in [0.2, 0.25) is 0 Å². The highest BCUT2D eigenvalue weighted by atomic mass is 16.3. The summed E-state index contributed by atoms with van der Waals surface area (Å²) < 4.78 is 0. The largest absolute Gasteiger partial charge is 0.396 e. The molecule has 0 fully saturated rings. The highest BCUT2D eigenvalue weighted by Crippen LogP contribution is 2.30. The van der Waals surface area contributed by atoms with Crippen LogP contribution in [0.3, 0.4) is 0 Å². The van der Waals surface area contributed by atoms with Crippen LogP contribution in [0.4, 0.5) is 0 Å². The Balaban J connectivity index is 4.55. The molecular formula is C13H29N3O. The second-order valence-corrected chi connectivity index (χ2v) is 4.41. The molecule has 0 aliphatic heterocycles. The van der Waals surface area contributed by atoms with Gasteiger partial charge in [-0.3, -0.25) is 4.99 Å². The molecule has 0 heterocycles. The number of guanidine groups is 1. The second-order valence-electron chi connectivity index (χ2n) is 4.41. The van der Waals surface area contributed by atoms with Gasteiger partial charge in [-0.25, -0.2) is 0 Å². The summed E-state index contributed by atoms with van der Waals surface area (Å²) in [4.78, 5) is 4.62. The number of aliphatic hydroxyl groups excluding tert-OH is 1. The minimum absolute atomic E-state index is 0.144. The lowest BCUT2D eigenvalue weighted by atomic mass is 9.79. The van der Waals surface area contributed by atoms with Gasteiger partial charge in [0.25, 0.3) is 0 Å². The van der Waals surface area contributed by atoms with Crippen molar-refractivity contribution in [2.45, 2.75) is 47.0 Å². The van der Waals surface area contributed by atoms with E-state index in [2.05, 4.69) is 43.3 Å². The van der Waals surface area contributed by atoms with Crippen LogP contribution in [0.25, 0.3) is 0 Å². The molecule has 0 radical (unpaired) electrons. The third kappa shape index (κ3) is 5.91. The van der Waals surface area contributed by atoms with Gasteiger partial charge in [-0.05, 0) is 38.5 Å². The topological polar surface area (TPSA) is 56.7 Å². The first-order chi connectivity index (χ1) is 8.17. The molecule has 0 rings (SSSR count). The van der Waals surface area contributed by atoms with Crippen molar-refractivity contribution in [2.24, 2.45) is 10.4 Å². The van der Waals surface area contributed by atoms with Crippen molar-refractivity contribution in [1.29, 1.82) is 0 Å². The van der Waals surface area contributed by atoms with Crippen molar-refractivity contribution in [3.63, 3.8) is 0 Å². The fourth-order valence-corrected chi connectivity index (χ4v) is 1.90. The van der Waals surface area contributed by atoms with Gasteiger partial charge >= 0.3 is 0 Å². The molecule has 0 aromatic carbocycles. The van der Waals surface area contributed by atoms with Crippen molar-refractivity contribution in [1.82, 2.24) is 10.6 Å². The van der Waals surface area contributed by atoms with Crippen molar-refractivity contribution in [2.75, 3.05) is 26.2 Å². The quantitative estimate of drug-likeness (QED) is 0.450. The number of hydrogen-bond acceptors (Lipinski definition) is 2. The zero-order valence-electron chi connectivity index (χ0n) is 11.8. The van der Waals surface area contributed by atoms with Crippen molar-refractivity contribution in [3.05, 3.63) is 0 Å². The van der Waals surface area contributed by atoms with E-state index >= 15 is 0 Å². The third-order valence-corrected chi connectivity index (χ3v) is 3.40. The standard InChI is InChI=1S/C13H29N3O/c1-5-13(6-2,9-10-17)11-16-12(14-7-3)15-8-4/h17H,5-11H2,1-4H3,(H2,14,15,16). The van der Waals surface area contributed by atoms with Crippen LogP contribution < -0.4 is 10.6 Å². The molecule has 0 aromatic heterocycles. The van der Waals surface area contributed by atoms with E-state index in [4.69, 9.17) is 5.11 Å². The zero-order valence-corrected chi connectivity index (χ0v) is 11.8. The Kier molecular flexibility index (Phi) is 8.86. The monoisotopic (exact) mass is 243 g/mol. The predicted molar refractivity (Wildman–Crippen MR) is 74.4 cm³/mol. The molecule has 0 aromatic rings. The van der Waals surface area contributed by atoms with Crippen molar-refractivity contribution < 1.29 is 5.11 Å². The number of aliphatic hydroxyl groups is 1. The molecule has 0 atom stereocenters. The number of hydrogen-bond donors (Lipinski definition) is 3. The van der Waals surface area contributed by atoms with Gasteiger partial charge < -0.3 is 15.7 Å². The molecule has 0 saturated heterocycles. The number of aliphatic imine (C=N–C) groups is 1. The third-order valence-electron chi connectivity index (χ3n) is 3.40. The highest BCUT2D eigenvalue weighted by Gasteiger charge is 2.25. The van der Waals surface area contributed by atoms with Gasteiger partial charge in [0.05, 0.1) is 0 Å². The molecule has 0 amide bonds. The molecule has 0 bridgehead atoms. The van der Waals surface area contributed by atoms with E-state index in [9.17, 15) is 0 Å². The van der Waals surface area contributed by atoms with Gasteiger partial charge in [-0.1, -0.05) is 13.8 Å². The molecule has 4 nitrogen and oxygen atoms in total. The van der Waals surface area contributed by atoms with Gasteiger partial charge in [-0.2, -0.15) is 0 Å². The molecule has 17 heavy (non-hydrogen) atoms. The van der Waals surface area contributed by atoms with Crippen LogP contribution in [-0.2, 0) is 0 Å². The maximum Gasteiger partial charge on any atom is 0.191 e.